The molecule has 0 bridgehead atoms. The van der Waals surface area contributed by atoms with Crippen molar-refractivity contribution in [3.63, 3.8) is 0 Å². The Hall–Kier alpha value is -1.74. The van der Waals surface area contributed by atoms with Gasteiger partial charge in [-0.25, -0.2) is 13.6 Å². The van der Waals surface area contributed by atoms with Gasteiger partial charge >= 0.3 is 0 Å². The minimum atomic E-state index is -1.04. The number of rotatable bonds is 2. The van der Waals surface area contributed by atoms with Crippen LogP contribution >= 0.6 is 0 Å². The number of aliphatic imine (C=N–C) groups is 1. The van der Waals surface area contributed by atoms with Gasteiger partial charge in [-0.05, 0) is 37.0 Å². The van der Waals surface area contributed by atoms with Gasteiger partial charge in [0.2, 0.25) is 6.08 Å². The SMILES string of the molecule is O=C=NC1(c2cc(F)c(O)c(F)c2)CCC1. The van der Waals surface area contributed by atoms with E-state index in [1.165, 1.54) is 6.08 Å². The molecule has 0 heterocycles. The summed E-state index contributed by atoms with van der Waals surface area (Å²) in [6.45, 7) is 0. The molecule has 0 radical (unpaired) electrons. The lowest BCUT2D eigenvalue weighted by Gasteiger charge is -2.37. The van der Waals surface area contributed by atoms with Gasteiger partial charge in [-0.3, -0.25) is 0 Å². The normalized spacial score (nSPS) is 17.4. The fourth-order valence-electron chi connectivity index (χ4n) is 1.90. The first-order valence-electron chi connectivity index (χ1n) is 4.86. The van der Waals surface area contributed by atoms with E-state index in [0.717, 1.165) is 18.6 Å². The predicted octanol–water partition coefficient (Wildman–Crippen LogP) is 2.39. The van der Waals surface area contributed by atoms with Gasteiger partial charge in [-0.1, -0.05) is 0 Å². The third-order valence-electron chi connectivity index (χ3n) is 2.99. The summed E-state index contributed by atoms with van der Waals surface area (Å²) in [6, 6.07) is 2.02. The Morgan fingerprint density at radius 1 is 1.31 bits per heavy atom. The lowest BCUT2D eigenvalue weighted by atomic mass is 9.72. The number of phenols is 1. The van der Waals surface area contributed by atoms with Crippen LogP contribution in [0.3, 0.4) is 0 Å². The molecule has 1 aromatic rings. The summed E-state index contributed by atoms with van der Waals surface area (Å²) in [5.74, 6) is -3.09. The smallest absolute Gasteiger partial charge is 0.235 e. The maximum atomic E-state index is 13.1. The number of hydrogen-bond acceptors (Lipinski definition) is 3. The van der Waals surface area contributed by atoms with Gasteiger partial charge in [0.05, 0.1) is 5.54 Å². The molecule has 0 amide bonds. The van der Waals surface area contributed by atoms with E-state index in [1.54, 1.807) is 0 Å². The molecular formula is C11H9F2NO2. The van der Waals surface area contributed by atoms with Crippen molar-refractivity contribution in [2.75, 3.05) is 0 Å². The van der Waals surface area contributed by atoms with Crippen LogP contribution in [0.2, 0.25) is 0 Å². The fourth-order valence-corrected chi connectivity index (χ4v) is 1.90. The zero-order chi connectivity index (χ0) is 11.8. The minimum absolute atomic E-state index is 0.273. The molecule has 0 aliphatic heterocycles. The van der Waals surface area contributed by atoms with Crippen LogP contribution in [0.1, 0.15) is 24.8 Å². The number of aromatic hydroxyl groups is 1. The molecule has 1 aliphatic rings. The van der Waals surface area contributed by atoms with Crippen LogP contribution in [0, 0.1) is 11.6 Å². The first-order valence-corrected chi connectivity index (χ1v) is 4.86. The quantitative estimate of drug-likeness (QED) is 0.620. The summed E-state index contributed by atoms with van der Waals surface area (Å²) in [7, 11) is 0. The molecule has 0 saturated heterocycles. The van der Waals surface area contributed by atoms with Gasteiger partial charge in [0.25, 0.3) is 0 Å². The highest BCUT2D eigenvalue weighted by Gasteiger charge is 2.39. The zero-order valence-electron chi connectivity index (χ0n) is 8.33. The molecule has 5 heteroatoms. The predicted molar refractivity (Wildman–Crippen MR) is 51.7 cm³/mol. The van der Waals surface area contributed by atoms with Crippen molar-refractivity contribution in [2.24, 2.45) is 4.99 Å². The van der Waals surface area contributed by atoms with Gasteiger partial charge in [-0.2, -0.15) is 4.99 Å². The number of halogens is 2. The molecule has 1 saturated carbocycles. The third kappa shape index (κ3) is 1.49. The van der Waals surface area contributed by atoms with Crippen molar-refractivity contribution in [2.45, 2.75) is 24.8 Å². The van der Waals surface area contributed by atoms with Gasteiger partial charge in [0.1, 0.15) is 0 Å². The lowest BCUT2D eigenvalue weighted by molar-refractivity contribution is 0.253. The Balaban J connectivity index is 2.51. The Labute approximate surface area is 90.4 Å². The van der Waals surface area contributed by atoms with Crippen molar-refractivity contribution in [3.05, 3.63) is 29.3 Å². The summed E-state index contributed by atoms with van der Waals surface area (Å²) in [6.07, 6.45) is 3.40. The van der Waals surface area contributed by atoms with E-state index in [4.69, 9.17) is 5.11 Å². The van der Waals surface area contributed by atoms with Crippen molar-refractivity contribution < 1.29 is 18.7 Å². The van der Waals surface area contributed by atoms with Crippen LogP contribution in [0.25, 0.3) is 0 Å². The van der Waals surface area contributed by atoms with Crippen LogP contribution in [-0.2, 0) is 10.3 Å². The summed E-state index contributed by atoms with van der Waals surface area (Å²) in [5, 5.41) is 8.96. The number of nitrogens with zero attached hydrogens (tertiary/aromatic N) is 1. The number of carbonyl (C=O) groups excluding carboxylic acids is 1. The Bertz CT molecular complexity index is 454. The zero-order valence-corrected chi connectivity index (χ0v) is 8.33. The summed E-state index contributed by atoms with van der Waals surface area (Å²) in [4.78, 5) is 13.9. The molecule has 84 valence electrons. The van der Waals surface area contributed by atoms with Gasteiger partial charge < -0.3 is 5.11 Å². The molecule has 3 nitrogen and oxygen atoms in total. The number of benzene rings is 1. The molecule has 0 aromatic heterocycles. The average Bonchev–Trinajstić information content (AvgIpc) is 2.19. The average molecular weight is 225 g/mol. The van der Waals surface area contributed by atoms with E-state index in [-0.39, 0.29) is 5.56 Å². The summed E-state index contributed by atoms with van der Waals surface area (Å²) in [5.41, 5.74) is -0.577. The van der Waals surface area contributed by atoms with Crippen LogP contribution < -0.4 is 0 Å². The highest BCUT2D eigenvalue weighted by molar-refractivity contribution is 5.41. The lowest BCUT2D eigenvalue weighted by Crippen LogP contribution is -2.32. The van der Waals surface area contributed by atoms with Crippen molar-refractivity contribution in [3.8, 4) is 5.75 Å². The van der Waals surface area contributed by atoms with E-state index in [1.807, 2.05) is 0 Å². The second-order valence-electron chi connectivity index (χ2n) is 3.88. The largest absolute Gasteiger partial charge is 0.503 e. The first kappa shape index (κ1) is 10.8. The van der Waals surface area contributed by atoms with Crippen LogP contribution in [0.5, 0.6) is 5.75 Å². The highest BCUT2D eigenvalue weighted by Crippen LogP contribution is 2.45. The van der Waals surface area contributed by atoms with Gasteiger partial charge in [0.15, 0.2) is 17.4 Å². The van der Waals surface area contributed by atoms with E-state index in [0.29, 0.717) is 12.8 Å². The fraction of sp³-hybridized carbons (Fsp3) is 0.364. The molecule has 0 atom stereocenters. The molecule has 1 aromatic carbocycles. The topological polar surface area (TPSA) is 49.7 Å². The molecule has 0 spiro atoms. The summed E-state index contributed by atoms with van der Waals surface area (Å²) >= 11 is 0. The molecule has 1 aliphatic carbocycles. The van der Waals surface area contributed by atoms with E-state index in [2.05, 4.69) is 4.99 Å². The Morgan fingerprint density at radius 3 is 2.25 bits per heavy atom. The molecular weight excluding hydrogens is 216 g/mol. The van der Waals surface area contributed by atoms with Crippen molar-refractivity contribution in [1.82, 2.24) is 0 Å². The van der Waals surface area contributed by atoms with Crippen LogP contribution in [0.4, 0.5) is 8.78 Å². The molecule has 1 N–H and O–H groups in total. The third-order valence-corrected chi connectivity index (χ3v) is 2.99. The Morgan fingerprint density at radius 2 is 1.88 bits per heavy atom. The Kier molecular flexibility index (Phi) is 2.48. The standard InChI is InChI=1S/C11H9F2NO2/c12-8-4-7(5-9(13)10(8)16)11(14-6-15)2-1-3-11/h4-5,16H,1-3H2. The molecule has 0 unspecified atom stereocenters. The second-order valence-corrected chi connectivity index (χ2v) is 3.88. The van der Waals surface area contributed by atoms with Crippen molar-refractivity contribution in [1.29, 1.82) is 0 Å². The molecule has 16 heavy (non-hydrogen) atoms. The molecule has 1 fully saturated rings. The minimum Gasteiger partial charge on any atom is -0.503 e. The van der Waals surface area contributed by atoms with E-state index < -0.39 is 22.9 Å². The second kappa shape index (κ2) is 3.68. The first-order chi connectivity index (χ1) is 7.59. The summed E-state index contributed by atoms with van der Waals surface area (Å²) < 4.78 is 26.3. The number of phenolic OH excluding ortho intramolecular Hbond substituents is 1. The van der Waals surface area contributed by atoms with Gasteiger partial charge in [-0.15, -0.1) is 0 Å². The number of hydrogen-bond donors (Lipinski definition) is 1. The van der Waals surface area contributed by atoms with E-state index >= 15 is 0 Å². The molecule has 2 rings (SSSR count). The van der Waals surface area contributed by atoms with Crippen LogP contribution in [-0.4, -0.2) is 11.2 Å². The maximum Gasteiger partial charge on any atom is 0.235 e. The monoisotopic (exact) mass is 225 g/mol. The van der Waals surface area contributed by atoms with E-state index in [9.17, 15) is 13.6 Å². The number of isocyanates is 1. The highest BCUT2D eigenvalue weighted by atomic mass is 19.1. The van der Waals surface area contributed by atoms with Gasteiger partial charge in [0, 0.05) is 0 Å². The van der Waals surface area contributed by atoms with Crippen LogP contribution in [0.15, 0.2) is 17.1 Å². The van der Waals surface area contributed by atoms with Crippen molar-refractivity contribution >= 4 is 6.08 Å². The maximum absolute atomic E-state index is 13.1.